The molecule has 5 heteroatoms. The van der Waals surface area contributed by atoms with E-state index in [9.17, 15) is 9.59 Å². The number of rotatable bonds is 4. The van der Waals surface area contributed by atoms with Crippen molar-refractivity contribution in [2.24, 2.45) is 5.92 Å². The monoisotopic (exact) mass is 254 g/mol. The summed E-state index contributed by atoms with van der Waals surface area (Å²) in [6.45, 7) is 6.00. The minimum Gasteiger partial charge on any atom is -0.380 e. The molecule has 102 valence electrons. The van der Waals surface area contributed by atoms with Gasteiger partial charge in [0.25, 0.3) is 0 Å². The van der Waals surface area contributed by atoms with Crippen LogP contribution in [0.1, 0.15) is 33.6 Å². The van der Waals surface area contributed by atoms with Crippen LogP contribution in [0.15, 0.2) is 0 Å². The van der Waals surface area contributed by atoms with E-state index in [2.05, 4.69) is 5.32 Å². The second-order valence-electron chi connectivity index (χ2n) is 5.61. The third-order valence-electron chi connectivity index (χ3n) is 4.22. The van der Waals surface area contributed by atoms with Gasteiger partial charge >= 0.3 is 0 Å². The van der Waals surface area contributed by atoms with Crippen molar-refractivity contribution in [1.82, 2.24) is 10.2 Å². The van der Waals surface area contributed by atoms with Crippen LogP contribution in [0.5, 0.6) is 0 Å². The highest BCUT2D eigenvalue weighted by Crippen LogP contribution is 2.44. The van der Waals surface area contributed by atoms with Crippen LogP contribution in [0.25, 0.3) is 0 Å². The lowest BCUT2D eigenvalue weighted by Gasteiger charge is -2.46. The van der Waals surface area contributed by atoms with Gasteiger partial charge in [0.05, 0.1) is 6.10 Å². The Hall–Kier alpha value is -1.10. The van der Waals surface area contributed by atoms with E-state index >= 15 is 0 Å². The first-order chi connectivity index (χ1) is 8.41. The summed E-state index contributed by atoms with van der Waals surface area (Å²) < 4.78 is 5.24. The molecular formula is C13H22N2O3. The normalized spacial score (nSPS) is 34.4. The van der Waals surface area contributed by atoms with Gasteiger partial charge in [-0.2, -0.15) is 0 Å². The lowest BCUT2D eigenvalue weighted by atomic mass is 9.88. The molecule has 18 heavy (non-hydrogen) atoms. The average molecular weight is 254 g/mol. The summed E-state index contributed by atoms with van der Waals surface area (Å²) in [5, 5.41) is 2.79. The quantitative estimate of drug-likeness (QED) is 0.796. The Balaban J connectivity index is 2.27. The van der Waals surface area contributed by atoms with Crippen molar-refractivity contribution in [3.8, 4) is 0 Å². The molecule has 3 unspecified atom stereocenters. The molecule has 2 fully saturated rings. The zero-order valence-corrected chi connectivity index (χ0v) is 11.5. The molecule has 1 aliphatic carbocycles. The van der Waals surface area contributed by atoms with Crippen LogP contribution in [0.2, 0.25) is 0 Å². The molecule has 0 aromatic carbocycles. The lowest BCUT2D eigenvalue weighted by molar-refractivity contribution is -0.159. The van der Waals surface area contributed by atoms with E-state index in [1.807, 2.05) is 13.8 Å². The van der Waals surface area contributed by atoms with Crippen molar-refractivity contribution in [3.63, 3.8) is 0 Å². The molecule has 3 atom stereocenters. The SMILES string of the molecule is COC(C)CN1C(=O)C(C)NC(=O)C1(C)C1CC1. The van der Waals surface area contributed by atoms with Crippen molar-refractivity contribution in [3.05, 3.63) is 0 Å². The maximum Gasteiger partial charge on any atom is 0.246 e. The van der Waals surface area contributed by atoms with Gasteiger partial charge in [-0.1, -0.05) is 0 Å². The summed E-state index contributed by atoms with van der Waals surface area (Å²) in [5.74, 6) is 0.256. The van der Waals surface area contributed by atoms with Crippen molar-refractivity contribution in [1.29, 1.82) is 0 Å². The highest BCUT2D eigenvalue weighted by Gasteiger charge is 2.56. The van der Waals surface area contributed by atoms with Gasteiger partial charge in [-0.15, -0.1) is 0 Å². The topological polar surface area (TPSA) is 58.6 Å². The van der Waals surface area contributed by atoms with Crippen molar-refractivity contribution in [2.75, 3.05) is 13.7 Å². The van der Waals surface area contributed by atoms with Gasteiger partial charge in [0.1, 0.15) is 11.6 Å². The predicted octanol–water partition coefficient (Wildman–Crippen LogP) is 0.537. The summed E-state index contributed by atoms with van der Waals surface area (Å²) in [6, 6.07) is -0.437. The fraction of sp³-hybridized carbons (Fsp3) is 0.846. The number of nitrogens with one attached hydrogen (secondary N) is 1. The molecule has 0 aromatic rings. The number of hydrogen-bond donors (Lipinski definition) is 1. The number of ether oxygens (including phenoxy) is 1. The summed E-state index contributed by atoms with van der Waals surface area (Å²) in [5.41, 5.74) is -0.698. The van der Waals surface area contributed by atoms with E-state index in [4.69, 9.17) is 4.74 Å². The Bertz CT molecular complexity index is 367. The number of nitrogens with zero attached hydrogens (tertiary/aromatic N) is 1. The van der Waals surface area contributed by atoms with Crippen molar-refractivity contribution in [2.45, 2.75) is 51.3 Å². The number of carbonyl (C=O) groups excluding carboxylic acids is 2. The van der Waals surface area contributed by atoms with Gasteiger partial charge in [0, 0.05) is 13.7 Å². The van der Waals surface area contributed by atoms with E-state index in [-0.39, 0.29) is 23.8 Å². The van der Waals surface area contributed by atoms with E-state index in [0.29, 0.717) is 6.54 Å². The highest BCUT2D eigenvalue weighted by molar-refractivity contribution is 5.99. The van der Waals surface area contributed by atoms with Crippen LogP contribution in [0, 0.1) is 5.92 Å². The second kappa shape index (κ2) is 4.53. The fourth-order valence-corrected chi connectivity index (χ4v) is 2.65. The molecule has 2 aliphatic rings. The van der Waals surface area contributed by atoms with E-state index in [1.165, 1.54) is 0 Å². The predicted molar refractivity (Wildman–Crippen MR) is 66.9 cm³/mol. The molecule has 0 spiro atoms. The third kappa shape index (κ3) is 2.00. The summed E-state index contributed by atoms with van der Waals surface area (Å²) >= 11 is 0. The molecule has 0 radical (unpaired) electrons. The molecule has 2 amide bonds. The zero-order chi connectivity index (χ0) is 13.5. The smallest absolute Gasteiger partial charge is 0.246 e. The van der Waals surface area contributed by atoms with Crippen molar-refractivity contribution < 1.29 is 14.3 Å². The molecule has 1 saturated carbocycles. The summed E-state index contributed by atoms with van der Waals surface area (Å²) in [7, 11) is 1.62. The van der Waals surface area contributed by atoms with Crippen molar-refractivity contribution >= 4 is 11.8 Å². The molecule has 0 aromatic heterocycles. The van der Waals surface area contributed by atoms with Gasteiger partial charge in [-0.05, 0) is 39.5 Å². The van der Waals surface area contributed by atoms with Crippen LogP contribution in [0.4, 0.5) is 0 Å². The number of piperazine rings is 1. The summed E-state index contributed by atoms with van der Waals surface area (Å²) in [4.78, 5) is 26.3. The van der Waals surface area contributed by atoms with Gasteiger partial charge in [-0.3, -0.25) is 9.59 Å². The van der Waals surface area contributed by atoms with E-state index in [0.717, 1.165) is 12.8 Å². The van der Waals surface area contributed by atoms with Gasteiger partial charge < -0.3 is 15.0 Å². The van der Waals surface area contributed by atoms with Crippen LogP contribution >= 0.6 is 0 Å². The maximum absolute atomic E-state index is 12.3. The molecule has 0 bridgehead atoms. The Morgan fingerprint density at radius 1 is 1.50 bits per heavy atom. The molecule has 5 nitrogen and oxygen atoms in total. The van der Waals surface area contributed by atoms with Gasteiger partial charge in [-0.25, -0.2) is 0 Å². The number of carbonyl (C=O) groups is 2. The van der Waals surface area contributed by atoms with Crippen LogP contribution in [0.3, 0.4) is 0 Å². The Morgan fingerprint density at radius 3 is 2.61 bits per heavy atom. The van der Waals surface area contributed by atoms with Gasteiger partial charge in [0.15, 0.2) is 0 Å². The molecule has 2 rings (SSSR count). The summed E-state index contributed by atoms with van der Waals surface area (Å²) in [6.07, 6.45) is 1.97. The minimum atomic E-state index is -0.698. The average Bonchev–Trinajstić information content (AvgIpc) is 3.16. The number of hydrogen-bond acceptors (Lipinski definition) is 3. The number of amides is 2. The lowest BCUT2D eigenvalue weighted by Crippen LogP contribution is -2.70. The van der Waals surface area contributed by atoms with Gasteiger partial charge in [0.2, 0.25) is 11.8 Å². The second-order valence-corrected chi connectivity index (χ2v) is 5.61. The van der Waals surface area contributed by atoms with E-state index < -0.39 is 11.6 Å². The maximum atomic E-state index is 12.3. The highest BCUT2D eigenvalue weighted by atomic mass is 16.5. The Kier molecular flexibility index (Phi) is 3.36. The molecule has 1 aliphatic heterocycles. The fourth-order valence-electron chi connectivity index (χ4n) is 2.65. The molecule has 1 saturated heterocycles. The zero-order valence-electron chi connectivity index (χ0n) is 11.5. The third-order valence-corrected chi connectivity index (χ3v) is 4.22. The largest absolute Gasteiger partial charge is 0.380 e. The minimum absolute atomic E-state index is 0.00657. The Morgan fingerprint density at radius 2 is 2.11 bits per heavy atom. The first kappa shape index (κ1) is 13.3. The Labute approximate surface area is 108 Å². The standard InChI is InChI=1S/C13H22N2O3/c1-8(18-4)7-15-11(16)9(2)14-12(17)13(15,3)10-5-6-10/h8-10H,5-7H2,1-4H3,(H,14,17). The molecular weight excluding hydrogens is 232 g/mol. The van der Waals surface area contributed by atoms with Crippen LogP contribution in [-0.4, -0.2) is 48.1 Å². The number of methoxy groups -OCH3 is 1. The molecule has 1 N–H and O–H groups in total. The van der Waals surface area contributed by atoms with Crippen LogP contribution < -0.4 is 5.32 Å². The molecule has 1 heterocycles. The first-order valence-electron chi connectivity index (χ1n) is 6.56. The first-order valence-corrected chi connectivity index (χ1v) is 6.56. The van der Waals surface area contributed by atoms with Crippen LogP contribution in [-0.2, 0) is 14.3 Å². The van der Waals surface area contributed by atoms with E-state index in [1.54, 1.807) is 18.9 Å².